The highest BCUT2D eigenvalue weighted by molar-refractivity contribution is 7.92. The number of sulfonamides is 1. The predicted octanol–water partition coefficient (Wildman–Crippen LogP) is 5.95. The minimum absolute atomic E-state index is 0.103. The van der Waals surface area contributed by atoms with E-state index < -0.39 is 26.6 Å². The van der Waals surface area contributed by atoms with Crippen LogP contribution in [-0.4, -0.2) is 23.4 Å². The molecule has 1 N–H and O–H groups in total. The number of aryl methyl sites for hydroxylation is 1. The SMILES string of the molecule is Cc1nccc(-c2sc(C(C)(C)C)nc2-c2cccc(NS(=O)(=O)c3ccccc3F)c2F)n1. The third kappa shape index (κ3) is 4.69. The number of nitrogens with one attached hydrogen (secondary N) is 1. The molecule has 34 heavy (non-hydrogen) atoms. The maximum absolute atomic E-state index is 15.7. The van der Waals surface area contributed by atoms with Gasteiger partial charge in [-0.15, -0.1) is 11.3 Å². The highest BCUT2D eigenvalue weighted by atomic mass is 32.2. The van der Waals surface area contributed by atoms with Crippen LogP contribution in [0.5, 0.6) is 0 Å². The van der Waals surface area contributed by atoms with Crippen molar-refractivity contribution in [2.45, 2.75) is 38.0 Å². The van der Waals surface area contributed by atoms with Crippen molar-refractivity contribution in [2.24, 2.45) is 0 Å². The Morgan fingerprint density at radius 3 is 2.38 bits per heavy atom. The van der Waals surface area contributed by atoms with Crippen molar-refractivity contribution in [3.8, 4) is 21.8 Å². The second-order valence-corrected chi connectivity index (χ2v) is 11.3. The fourth-order valence-electron chi connectivity index (χ4n) is 3.24. The van der Waals surface area contributed by atoms with E-state index >= 15 is 4.39 Å². The summed E-state index contributed by atoms with van der Waals surface area (Å²) in [4.78, 5) is 13.4. The molecule has 0 atom stereocenters. The van der Waals surface area contributed by atoms with Gasteiger partial charge in [-0.05, 0) is 37.3 Å². The quantitative estimate of drug-likeness (QED) is 0.366. The molecular formula is C24H22F2N4O2S2. The van der Waals surface area contributed by atoms with Gasteiger partial charge in [-0.2, -0.15) is 0 Å². The van der Waals surface area contributed by atoms with Crippen LogP contribution in [0.1, 0.15) is 31.6 Å². The Labute approximate surface area is 200 Å². The van der Waals surface area contributed by atoms with Crippen LogP contribution < -0.4 is 4.72 Å². The summed E-state index contributed by atoms with van der Waals surface area (Å²) in [5.41, 5.74) is 0.424. The molecule has 0 aliphatic rings. The molecule has 2 aromatic heterocycles. The van der Waals surface area contributed by atoms with Crippen LogP contribution in [0.15, 0.2) is 59.6 Å². The van der Waals surface area contributed by atoms with Crippen LogP contribution in [0.3, 0.4) is 0 Å². The number of rotatable bonds is 5. The number of hydrogen-bond acceptors (Lipinski definition) is 6. The third-order valence-corrected chi connectivity index (χ3v) is 7.80. The van der Waals surface area contributed by atoms with Gasteiger partial charge in [0.05, 0.1) is 27.0 Å². The van der Waals surface area contributed by atoms with Crippen LogP contribution in [0.4, 0.5) is 14.5 Å². The minimum Gasteiger partial charge on any atom is -0.277 e. The van der Waals surface area contributed by atoms with Gasteiger partial charge in [0, 0.05) is 17.2 Å². The van der Waals surface area contributed by atoms with Crippen molar-refractivity contribution < 1.29 is 17.2 Å². The summed E-state index contributed by atoms with van der Waals surface area (Å²) in [7, 11) is -4.35. The predicted molar refractivity (Wildman–Crippen MR) is 129 cm³/mol. The van der Waals surface area contributed by atoms with Gasteiger partial charge in [0.1, 0.15) is 16.5 Å². The Bertz CT molecular complexity index is 1480. The van der Waals surface area contributed by atoms with E-state index in [1.54, 1.807) is 19.2 Å². The molecule has 6 nitrogen and oxygen atoms in total. The fourth-order valence-corrected chi connectivity index (χ4v) is 5.48. The van der Waals surface area contributed by atoms with E-state index in [0.717, 1.165) is 17.1 Å². The first-order valence-electron chi connectivity index (χ1n) is 10.3. The zero-order valence-corrected chi connectivity index (χ0v) is 20.6. The average molecular weight is 501 g/mol. The van der Waals surface area contributed by atoms with Crippen LogP contribution in [0.25, 0.3) is 21.8 Å². The summed E-state index contributed by atoms with van der Waals surface area (Å²) in [5, 5.41) is 0.769. The monoisotopic (exact) mass is 500 g/mol. The summed E-state index contributed by atoms with van der Waals surface area (Å²) < 4.78 is 57.4. The molecular weight excluding hydrogens is 478 g/mol. The van der Waals surface area contributed by atoms with Gasteiger partial charge in [-0.1, -0.05) is 39.0 Å². The number of aromatic nitrogens is 3. The van der Waals surface area contributed by atoms with Crippen molar-refractivity contribution in [1.82, 2.24) is 15.0 Å². The van der Waals surface area contributed by atoms with Crippen LogP contribution in [0, 0.1) is 18.6 Å². The van der Waals surface area contributed by atoms with Gasteiger partial charge in [0.15, 0.2) is 5.82 Å². The van der Waals surface area contributed by atoms with E-state index in [1.807, 2.05) is 20.8 Å². The molecule has 0 bridgehead atoms. The molecule has 0 aliphatic heterocycles. The number of halogens is 2. The van der Waals surface area contributed by atoms with Gasteiger partial charge in [-0.3, -0.25) is 4.72 Å². The average Bonchev–Trinajstić information content (AvgIpc) is 3.21. The molecule has 4 rings (SSSR count). The molecule has 0 aliphatic carbocycles. The molecule has 10 heteroatoms. The van der Waals surface area contributed by atoms with Crippen molar-refractivity contribution in [3.05, 3.63) is 77.2 Å². The van der Waals surface area contributed by atoms with Crippen molar-refractivity contribution >= 4 is 27.0 Å². The zero-order valence-electron chi connectivity index (χ0n) is 18.9. The maximum atomic E-state index is 15.7. The summed E-state index contributed by atoms with van der Waals surface area (Å²) in [5.74, 6) is -1.19. The van der Waals surface area contributed by atoms with Crippen LogP contribution in [0.2, 0.25) is 0 Å². The fraction of sp³-hybridized carbons (Fsp3) is 0.208. The van der Waals surface area contributed by atoms with Gasteiger partial charge in [0.2, 0.25) is 0 Å². The summed E-state index contributed by atoms with van der Waals surface area (Å²) >= 11 is 1.39. The molecule has 0 spiro atoms. The van der Waals surface area contributed by atoms with E-state index in [2.05, 4.69) is 14.7 Å². The Hall–Kier alpha value is -3.24. The molecule has 4 aromatic rings. The first-order chi connectivity index (χ1) is 16.0. The highest BCUT2D eigenvalue weighted by Gasteiger charge is 2.27. The lowest BCUT2D eigenvalue weighted by atomic mass is 9.98. The molecule has 2 heterocycles. The lowest BCUT2D eigenvalue weighted by molar-refractivity contribution is 0.569. The van der Waals surface area contributed by atoms with Crippen molar-refractivity contribution in [1.29, 1.82) is 0 Å². The Morgan fingerprint density at radius 1 is 0.971 bits per heavy atom. The molecule has 2 aromatic carbocycles. The number of thiazole rings is 1. The minimum atomic E-state index is -4.35. The molecule has 0 radical (unpaired) electrons. The van der Waals surface area contributed by atoms with Gasteiger partial charge in [-0.25, -0.2) is 32.2 Å². The number of benzene rings is 2. The summed E-state index contributed by atoms with van der Waals surface area (Å²) in [6.45, 7) is 7.76. The Kier molecular flexibility index (Phi) is 6.22. The lowest BCUT2D eigenvalue weighted by Gasteiger charge is -2.14. The van der Waals surface area contributed by atoms with E-state index in [4.69, 9.17) is 4.98 Å². The number of nitrogens with zero attached hydrogens (tertiary/aromatic N) is 3. The first-order valence-corrected chi connectivity index (χ1v) is 12.6. The van der Waals surface area contributed by atoms with Gasteiger partial charge in [0.25, 0.3) is 10.0 Å². The summed E-state index contributed by atoms with van der Waals surface area (Å²) in [6, 6.07) is 11.0. The van der Waals surface area contributed by atoms with Gasteiger partial charge >= 0.3 is 0 Å². The van der Waals surface area contributed by atoms with E-state index in [-0.39, 0.29) is 16.7 Å². The normalized spacial score (nSPS) is 12.1. The Morgan fingerprint density at radius 2 is 1.71 bits per heavy atom. The topological polar surface area (TPSA) is 84.8 Å². The highest BCUT2D eigenvalue weighted by Crippen LogP contribution is 2.41. The van der Waals surface area contributed by atoms with Gasteiger partial charge < -0.3 is 0 Å². The van der Waals surface area contributed by atoms with E-state index in [1.165, 1.54) is 41.7 Å². The lowest BCUT2D eigenvalue weighted by Crippen LogP contribution is -2.15. The maximum Gasteiger partial charge on any atom is 0.264 e. The van der Waals surface area contributed by atoms with Crippen LogP contribution in [-0.2, 0) is 15.4 Å². The number of anilines is 1. The second kappa shape index (κ2) is 8.84. The summed E-state index contributed by atoms with van der Waals surface area (Å²) in [6.07, 6.45) is 1.62. The largest absolute Gasteiger partial charge is 0.277 e. The smallest absolute Gasteiger partial charge is 0.264 e. The molecule has 0 amide bonds. The third-order valence-electron chi connectivity index (χ3n) is 4.90. The molecule has 0 unspecified atom stereocenters. The molecule has 0 saturated heterocycles. The first kappa shape index (κ1) is 23.9. The van der Waals surface area contributed by atoms with Crippen molar-refractivity contribution in [3.63, 3.8) is 0 Å². The van der Waals surface area contributed by atoms with Crippen molar-refractivity contribution in [2.75, 3.05) is 4.72 Å². The number of hydrogen-bond donors (Lipinski definition) is 1. The zero-order chi connectivity index (χ0) is 24.7. The van der Waals surface area contributed by atoms with E-state index in [9.17, 15) is 12.8 Å². The molecule has 0 saturated carbocycles. The molecule has 0 fully saturated rings. The van der Waals surface area contributed by atoms with Crippen LogP contribution >= 0.6 is 11.3 Å². The standard InChI is InChI=1S/C24H22F2N4O2S2/c1-14-27-13-12-18(28-14)22-21(29-23(33-22)24(2,3)4)15-8-7-10-17(20(15)26)30-34(31,32)19-11-6-5-9-16(19)25/h5-13,30H,1-4H3. The molecule has 176 valence electrons. The second-order valence-electron chi connectivity index (χ2n) is 8.64. The van der Waals surface area contributed by atoms with E-state index in [0.29, 0.717) is 22.1 Å². The Balaban J connectivity index is 1.85.